The first-order valence-corrected chi connectivity index (χ1v) is 9.84. The van der Waals surface area contributed by atoms with Crippen LogP contribution in [0.3, 0.4) is 0 Å². The lowest BCUT2D eigenvalue weighted by atomic mass is 9.89. The maximum absolute atomic E-state index is 13.1. The van der Waals surface area contributed by atoms with Crippen molar-refractivity contribution in [1.82, 2.24) is 4.90 Å². The zero-order valence-corrected chi connectivity index (χ0v) is 17.3. The largest absolute Gasteiger partial charge is 0.368 e. The van der Waals surface area contributed by atoms with Gasteiger partial charge in [-0.15, -0.1) is 0 Å². The number of piperazine rings is 1. The van der Waals surface area contributed by atoms with Crippen molar-refractivity contribution in [2.75, 3.05) is 36.4 Å². The first kappa shape index (κ1) is 20.2. The van der Waals surface area contributed by atoms with Gasteiger partial charge in [-0.05, 0) is 50.6 Å². The molecule has 2 aromatic rings. The molecule has 0 bridgehead atoms. The number of hydrogen-bond acceptors (Lipinski definition) is 3. The van der Waals surface area contributed by atoms with Gasteiger partial charge >= 0.3 is 0 Å². The molecule has 1 N–H and O–H groups in total. The molecule has 6 heteroatoms. The van der Waals surface area contributed by atoms with Crippen molar-refractivity contribution < 1.29 is 9.59 Å². The van der Waals surface area contributed by atoms with Crippen molar-refractivity contribution in [3.05, 3.63) is 59.1 Å². The Morgan fingerprint density at radius 1 is 0.964 bits per heavy atom. The van der Waals surface area contributed by atoms with Crippen molar-refractivity contribution in [1.29, 1.82) is 0 Å². The van der Waals surface area contributed by atoms with Crippen molar-refractivity contribution in [3.63, 3.8) is 0 Å². The van der Waals surface area contributed by atoms with Gasteiger partial charge in [-0.25, -0.2) is 0 Å². The van der Waals surface area contributed by atoms with Gasteiger partial charge in [0.1, 0.15) is 5.41 Å². The molecule has 0 atom stereocenters. The summed E-state index contributed by atoms with van der Waals surface area (Å²) in [5.41, 5.74) is 1.41. The number of amides is 2. The number of para-hydroxylation sites is 1. The number of carbonyl (C=O) groups excluding carboxylic acids is 2. The van der Waals surface area contributed by atoms with Crippen molar-refractivity contribution in [2.24, 2.45) is 5.41 Å². The van der Waals surface area contributed by atoms with Gasteiger partial charge < -0.3 is 15.1 Å². The number of anilines is 2. The normalized spacial score (nSPS) is 14.7. The Morgan fingerprint density at radius 3 is 2.25 bits per heavy atom. The lowest BCUT2D eigenvalue weighted by Gasteiger charge is -2.39. The Bertz CT molecular complexity index is 859. The highest BCUT2D eigenvalue weighted by atomic mass is 35.5. The van der Waals surface area contributed by atoms with Gasteiger partial charge in [0, 0.05) is 42.6 Å². The highest BCUT2D eigenvalue weighted by molar-refractivity contribution is 6.31. The molecular formula is C22H26ClN3O2. The molecule has 2 amide bonds. The van der Waals surface area contributed by atoms with E-state index in [-0.39, 0.29) is 11.8 Å². The molecule has 0 unspecified atom stereocenters. The Labute approximate surface area is 171 Å². The van der Waals surface area contributed by atoms with E-state index in [1.807, 2.05) is 25.1 Å². The second-order valence-electron chi connectivity index (χ2n) is 7.61. The molecule has 0 aromatic heterocycles. The van der Waals surface area contributed by atoms with Crippen LogP contribution in [0, 0.1) is 12.3 Å². The molecule has 0 aliphatic carbocycles. The first-order valence-electron chi connectivity index (χ1n) is 9.46. The van der Waals surface area contributed by atoms with E-state index in [0.717, 1.165) is 24.3 Å². The summed E-state index contributed by atoms with van der Waals surface area (Å²) in [6, 6.07) is 15.5. The predicted octanol–water partition coefficient (Wildman–Crippen LogP) is 3.96. The van der Waals surface area contributed by atoms with Crippen molar-refractivity contribution in [2.45, 2.75) is 20.8 Å². The second kappa shape index (κ2) is 8.23. The minimum absolute atomic E-state index is 0.155. The standard InChI is InChI=1S/C22H26ClN3O2/c1-16-18(23)10-7-11-19(16)24-20(27)22(2,3)21(28)26-14-12-25(13-15-26)17-8-5-4-6-9-17/h4-11H,12-15H2,1-3H3,(H,24,27). The number of rotatable bonds is 4. The number of benzene rings is 2. The molecule has 1 saturated heterocycles. The molecule has 28 heavy (non-hydrogen) atoms. The summed E-state index contributed by atoms with van der Waals surface area (Å²) in [4.78, 5) is 30.0. The van der Waals surface area contributed by atoms with E-state index in [4.69, 9.17) is 11.6 Å². The Hall–Kier alpha value is -2.53. The molecule has 148 valence electrons. The van der Waals surface area contributed by atoms with E-state index >= 15 is 0 Å². The molecule has 1 aliphatic rings. The zero-order valence-electron chi connectivity index (χ0n) is 16.5. The van der Waals surface area contributed by atoms with Crippen molar-refractivity contribution in [3.8, 4) is 0 Å². The van der Waals surface area contributed by atoms with E-state index in [1.165, 1.54) is 0 Å². The van der Waals surface area contributed by atoms with E-state index < -0.39 is 5.41 Å². The van der Waals surface area contributed by atoms with Gasteiger partial charge in [-0.2, -0.15) is 0 Å². The molecule has 2 aromatic carbocycles. The van der Waals surface area contributed by atoms with E-state index in [0.29, 0.717) is 23.8 Å². The molecule has 0 saturated carbocycles. The SMILES string of the molecule is Cc1c(Cl)cccc1NC(=O)C(C)(C)C(=O)N1CCN(c2ccccc2)CC1. The summed E-state index contributed by atoms with van der Waals surface area (Å²) in [6.45, 7) is 7.89. The minimum Gasteiger partial charge on any atom is -0.368 e. The second-order valence-corrected chi connectivity index (χ2v) is 8.01. The van der Waals surface area contributed by atoms with E-state index in [1.54, 1.807) is 36.9 Å². The fourth-order valence-corrected chi connectivity index (χ4v) is 3.49. The van der Waals surface area contributed by atoms with Gasteiger partial charge in [-0.3, -0.25) is 9.59 Å². The number of nitrogens with zero attached hydrogens (tertiary/aromatic N) is 2. The molecule has 0 spiro atoms. The van der Waals surface area contributed by atoms with Gasteiger partial charge in [0.2, 0.25) is 11.8 Å². The van der Waals surface area contributed by atoms with Crippen LogP contribution in [0.4, 0.5) is 11.4 Å². The average molecular weight is 400 g/mol. The van der Waals surface area contributed by atoms with E-state index in [2.05, 4.69) is 22.3 Å². The molecule has 5 nitrogen and oxygen atoms in total. The van der Waals surface area contributed by atoms with Gasteiger partial charge in [0.25, 0.3) is 0 Å². The third kappa shape index (κ3) is 4.14. The number of halogens is 1. The monoisotopic (exact) mass is 399 g/mol. The summed E-state index contributed by atoms with van der Waals surface area (Å²) in [6.07, 6.45) is 0. The molecule has 1 fully saturated rings. The lowest BCUT2D eigenvalue weighted by molar-refractivity contribution is -0.146. The Kier molecular flexibility index (Phi) is 5.94. The van der Waals surface area contributed by atoms with Gasteiger partial charge in [0.05, 0.1) is 0 Å². The van der Waals surface area contributed by atoms with Crippen LogP contribution in [0.25, 0.3) is 0 Å². The van der Waals surface area contributed by atoms with Crippen LogP contribution in [-0.4, -0.2) is 42.9 Å². The number of nitrogens with one attached hydrogen (secondary N) is 1. The Balaban J connectivity index is 1.64. The summed E-state index contributed by atoms with van der Waals surface area (Å²) in [5, 5.41) is 3.45. The van der Waals surface area contributed by atoms with Crippen LogP contribution in [0.1, 0.15) is 19.4 Å². The zero-order chi connectivity index (χ0) is 20.3. The van der Waals surface area contributed by atoms with E-state index in [9.17, 15) is 9.59 Å². The van der Waals surface area contributed by atoms with Crippen LogP contribution in [-0.2, 0) is 9.59 Å². The fraction of sp³-hybridized carbons (Fsp3) is 0.364. The van der Waals surface area contributed by atoms with Crippen molar-refractivity contribution >= 4 is 34.8 Å². The van der Waals surface area contributed by atoms with Crippen LogP contribution >= 0.6 is 11.6 Å². The molecule has 3 rings (SSSR count). The van der Waals surface area contributed by atoms with Crippen LogP contribution in [0.5, 0.6) is 0 Å². The number of carbonyl (C=O) groups is 2. The molecule has 1 aliphatic heterocycles. The van der Waals surface area contributed by atoms with Crippen LogP contribution in [0.15, 0.2) is 48.5 Å². The predicted molar refractivity (Wildman–Crippen MR) is 114 cm³/mol. The van der Waals surface area contributed by atoms with Crippen LogP contribution < -0.4 is 10.2 Å². The summed E-state index contributed by atoms with van der Waals surface area (Å²) in [5.74, 6) is -0.481. The highest BCUT2D eigenvalue weighted by Gasteiger charge is 2.40. The third-order valence-corrected chi connectivity index (χ3v) is 5.72. The van der Waals surface area contributed by atoms with Crippen LogP contribution in [0.2, 0.25) is 5.02 Å². The molecule has 0 radical (unpaired) electrons. The third-order valence-electron chi connectivity index (χ3n) is 5.31. The smallest absolute Gasteiger partial charge is 0.239 e. The first-order chi connectivity index (χ1) is 13.3. The molecular weight excluding hydrogens is 374 g/mol. The summed E-state index contributed by atoms with van der Waals surface area (Å²) < 4.78 is 0. The summed E-state index contributed by atoms with van der Waals surface area (Å²) >= 11 is 6.13. The quantitative estimate of drug-likeness (QED) is 0.791. The Morgan fingerprint density at radius 2 is 1.61 bits per heavy atom. The maximum atomic E-state index is 13.1. The minimum atomic E-state index is -1.16. The lowest BCUT2D eigenvalue weighted by Crippen LogP contribution is -2.54. The fourth-order valence-electron chi connectivity index (χ4n) is 3.32. The molecule has 1 heterocycles. The maximum Gasteiger partial charge on any atom is 0.239 e. The highest BCUT2D eigenvalue weighted by Crippen LogP contribution is 2.27. The van der Waals surface area contributed by atoms with Gasteiger partial charge in [-0.1, -0.05) is 35.9 Å². The topological polar surface area (TPSA) is 52.7 Å². The average Bonchev–Trinajstić information content (AvgIpc) is 2.71. The van der Waals surface area contributed by atoms with Gasteiger partial charge in [0.15, 0.2) is 0 Å². The number of hydrogen-bond donors (Lipinski definition) is 1. The summed E-state index contributed by atoms with van der Waals surface area (Å²) in [7, 11) is 0.